The van der Waals surface area contributed by atoms with Gasteiger partial charge >= 0.3 is 12.3 Å². The van der Waals surface area contributed by atoms with Crippen LogP contribution in [0.2, 0.25) is 0 Å². The topological polar surface area (TPSA) is 61.8 Å². The van der Waals surface area contributed by atoms with E-state index in [1.807, 2.05) is 18.4 Å². The number of hydrogen-bond donors (Lipinski definition) is 0. The Balaban J connectivity index is 1.88. The van der Waals surface area contributed by atoms with Gasteiger partial charge in [0, 0.05) is 5.56 Å². The Hall–Kier alpha value is -2.34. The molecule has 114 valence electrons. The molecule has 1 unspecified atom stereocenters. The third-order valence-corrected chi connectivity index (χ3v) is 4.10. The molecule has 2 aromatic rings. The number of thiophene rings is 1. The van der Waals surface area contributed by atoms with Crippen molar-refractivity contribution in [3.63, 3.8) is 0 Å². The molecule has 0 radical (unpaired) electrons. The highest BCUT2D eigenvalue weighted by atomic mass is 32.1. The molecular formula is C16H14O5S. The Morgan fingerprint density at radius 1 is 1.27 bits per heavy atom. The molecule has 3 rings (SSSR count). The molecular weight excluding hydrogens is 304 g/mol. The van der Waals surface area contributed by atoms with E-state index < -0.39 is 12.3 Å². The van der Waals surface area contributed by atoms with Crippen molar-refractivity contribution in [2.24, 2.45) is 0 Å². The van der Waals surface area contributed by atoms with Crippen LogP contribution in [0.5, 0.6) is 11.5 Å². The summed E-state index contributed by atoms with van der Waals surface area (Å²) in [6.45, 7) is 3.78. The molecule has 1 aromatic carbocycles. The van der Waals surface area contributed by atoms with Crippen molar-refractivity contribution >= 4 is 23.1 Å². The van der Waals surface area contributed by atoms with Gasteiger partial charge in [-0.2, -0.15) is 0 Å². The largest absolute Gasteiger partial charge is 0.460 e. The van der Waals surface area contributed by atoms with Gasteiger partial charge in [-0.1, -0.05) is 6.07 Å². The van der Waals surface area contributed by atoms with E-state index in [1.165, 1.54) is 11.3 Å². The lowest BCUT2D eigenvalue weighted by molar-refractivity contribution is -0.161. The molecule has 1 aliphatic rings. The summed E-state index contributed by atoms with van der Waals surface area (Å²) in [5, 5.41) is 1.85. The van der Waals surface area contributed by atoms with Crippen LogP contribution >= 0.6 is 11.3 Å². The fourth-order valence-corrected chi connectivity index (χ4v) is 2.87. The van der Waals surface area contributed by atoms with E-state index in [0.717, 1.165) is 5.56 Å². The summed E-state index contributed by atoms with van der Waals surface area (Å²) >= 11 is 1.38. The van der Waals surface area contributed by atoms with Crippen molar-refractivity contribution < 1.29 is 23.8 Å². The predicted octanol–water partition coefficient (Wildman–Crippen LogP) is 2.95. The Morgan fingerprint density at radius 3 is 2.64 bits per heavy atom. The molecule has 0 N–H and O–H groups in total. The van der Waals surface area contributed by atoms with E-state index in [1.54, 1.807) is 25.1 Å². The molecule has 0 fully saturated rings. The molecule has 0 saturated heterocycles. The van der Waals surface area contributed by atoms with Crippen LogP contribution in [0.4, 0.5) is 0 Å². The smallest absolute Gasteiger partial charge is 0.389 e. The van der Waals surface area contributed by atoms with Crippen molar-refractivity contribution in [3.8, 4) is 11.5 Å². The second-order valence-corrected chi connectivity index (χ2v) is 5.69. The first-order valence-corrected chi connectivity index (χ1v) is 7.71. The molecule has 0 spiro atoms. The van der Waals surface area contributed by atoms with Crippen LogP contribution in [0, 0.1) is 6.92 Å². The molecule has 22 heavy (non-hydrogen) atoms. The molecule has 1 aromatic heterocycles. The number of ether oxygens (including phenoxy) is 3. The predicted molar refractivity (Wildman–Crippen MR) is 80.6 cm³/mol. The Bertz CT molecular complexity index is 720. The number of fused-ring (bicyclic) bond motifs is 1. The lowest BCUT2D eigenvalue weighted by Crippen LogP contribution is -2.30. The number of carbonyl (C=O) groups is 2. The van der Waals surface area contributed by atoms with Crippen LogP contribution in [0.3, 0.4) is 0 Å². The summed E-state index contributed by atoms with van der Waals surface area (Å²) in [5.74, 6) is 0.169. The number of aryl methyl sites for hydroxylation is 1. The number of esters is 1. The van der Waals surface area contributed by atoms with Crippen molar-refractivity contribution in [2.75, 3.05) is 6.61 Å². The van der Waals surface area contributed by atoms with E-state index in [4.69, 9.17) is 14.2 Å². The number of hydrogen-bond acceptors (Lipinski definition) is 6. The first-order chi connectivity index (χ1) is 10.6. The van der Waals surface area contributed by atoms with E-state index in [0.29, 0.717) is 21.9 Å². The molecule has 0 amide bonds. The second kappa shape index (κ2) is 5.81. The lowest BCUT2D eigenvalue weighted by Gasteiger charge is -2.07. The van der Waals surface area contributed by atoms with Crippen LogP contribution in [-0.2, 0) is 9.53 Å². The minimum absolute atomic E-state index is 0.0708. The van der Waals surface area contributed by atoms with E-state index in [-0.39, 0.29) is 12.4 Å². The Labute approximate surface area is 131 Å². The van der Waals surface area contributed by atoms with Gasteiger partial charge in [0.1, 0.15) is 0 Å². The molecule has 2 heterocycles. The summed E-state index contributed by atoms with van der Waals surface area (Å²) in [5.41, 5.74) is 1.31. The highest BCUT2D eigenvalue weighted by Crippen LogP contribution is 2.38. The molecule has 6 heteroatoms. The molecule has 1 aliphatic heterocycles. The zero-order valence-electron chi connectivity index (χ0n) is 12.1. The summed E-state index contributed by atoms with van der Waals surface area (Å²) in [6, 6.07) is 6.93. The normalized spacial score (nSPS) is 15.6. The van der Waals surface area contributed by atoms with Crippen molar-refractivity contribution in [1.29, 1.82) is 0 Å². The van der Waals surface area contributed by atoms with Gasteiger partial charge in [0.05, 0.1) is 11.5 Å². The zero-order valence-corrected chi connectivity index (χ0v) is 12.9. The minimum atomic E-state index is -1.11. The highest BCUT2D eigenvalue weighted by molar-refractivity contribution is 7.12. The quantitative estimate of drug-likeness (QED) is 0.641. The van der Waals surface area contributed by atoms with Crippen LogP contribution in [-0.4, -0.2) is 24.6 Å². The zero-order chi connectivity index (χ0) is 15.7. The summed E-state index contributed by atoms with van der Waals surface area (Å²) in [7, 11) is 0. The minimum Gasteiger partial charge on any atom is -0.460 e. The van der Waals surface area contributed by atoms with Gasteiger partial charge in [0.15, 0.2) is 11.5 Å². The number of carbonyl (C=O) groups excluding carboxylic acids is 2. The van der Waals surface area contributed by atoms with Gasteiger partial charge in [0.2, 0.25) is 5.78 Å². The maximum Gasteiger partial charge on any atom is 0.389 e. The standard InChI is InChI=1S/C16H14O5S/c1-3-19-15(18)16-20-11-7-9(2)10(8-12(11)21-16)14(17)13-5-4-6-22-13/h4-8,16H,3H2,1-2H3. The van der Waals surface area contributed by atoms with E-state index >= 15 is 0 Å². The molecule has 0 saturated carbocycles. The van der Waals surface area contributed by atoms with Gasteiger partial charge in [-0.3, -0.25) is 4.79 Å². The van der Waals surface area contributed by atoms with Crippen LogP contribution in [0.15, 0.2) is 29.6 Å². The van der Waals surface area contributed by atoms with Crippen molar-refractivity contribution in [3.05, 3.63) is 45.6 Å². The van der Waals surface area contributed by atoms with Crippen molar-refractivity contribution in [2.45, 2.75) is 20.1 Å². The number of ketones is 1. The first-order valence-electron chi connectivity index (χ1n) is 6.83. The monoisotopic (exact) mass is 318 g/mol. The van der Waals surface area contributed by atoms with Gasteiger partial charge < -0.3 is 14.2 Å². The maximum absolute atomic E-state index is 12.5. The fraction of sp³-hybridized carbons (Fsp3) is 0.250. The average Bonchev–Trinajstić information content (AvgIpc) is 3.15. The molecule has 1 atom stereocenters. The molecule has 0 bridgehead atoms. The molecule has 5 nitrogen and oxygen atoms in total. The van der Waals surface area contributed by atoms with Gasteiger partial charge in [-0.15, -0.1) is 11.3 Å². The SMILES string of the molecule is CCOC(=O)C1Oc2cc(C)c(C(=O)c3cccs3)cc2O1. The van der Waals surface area contributed by atoms with Crippen LogP contribution in [0.1, 0.15) is 27.7 Å². The third kappa shape index (κ3) is 2.57. The van der Waals surface area contributed by atoms with Gasteiger partial charge in [-0.25, -0.2) is 4.79 Å². The summed E-state index contributed by atoms with van der Waals surface area (Å²) in [6.07, 6.45) is -1.11. The van der Waals surface area contributed by atoms with Crippen molar-refractivity contribution in [1.82, 2.24) is 0 Å². The summed E-state index contributed by atoms with van der Waals surface area (Å²) < 4.78 is 15.7. The summed E-state index contributed by atoms with van der Waals surface area (Å²) in [4.78, 5) is 24.8. The van der Waals surface area contributed by atoms with Crippen LogP contribution < -0.4 is 9.47 Å². The van der Waals surface area contributed by atoms with Crippen LogP contribution in [0.25, 0.3) is 0 Å². The number of rotatable bonds is 4. The van der Waals surface area contributed by atoms with E-state index in [9.17, 15) is 9.59 Å². The van der Waals surface area contributed by atoms with Gasteiger partial charge in [0.25, 0.3) is 0 Å². The fourth-order valence-electron chi connectivity index (χ4n) is 2.19. The lowest BCUT2D eigenvalue weighted by atomic mass is 10.0. The average molecular weight is 318 g/mol. The first kappa shape index (κ1) is 14.6. The molecule has 0 aliphatic carbocycles. The third-order valence-electron chi connectivity index (χ3n) is 3.23. The maximum atomic E-state index is 12.5. The Morgan fingerprint density at radius 2 is 2.00 bits per heavy atom. The number of benzene rings is 1. The highest BCUT2D eigenvalue weighted by Gasteiger charge is 2.33. The van der Waals surface area contributed by atoms with Gasteiger partial charge in [-0.05, 0) is 43.0 Å². The Kier molecular flexibility index (Phi) is 3.85. The van der Waals surface area contributed by atoms with E-state index in [2.05, 4.69) is 0 Å². The second-order valence-electron chi connectivity index (χ2n) is 4.74.